The van der Waals surface area contributed by atoms with Gasteiger partial charge in [0.1, 0.15) is 6.04 Å². The number of amides is 1. The minimum atomic E-state index is -0.695. The van der Waals surface area contributed by atoms with Crippen LogP contribution in [-0.4, -0.2) is 31.3 Å². The Morgan fingerprint density at radius 3 is 2.16 bits per heavy atom. The van der Waals surface area contributed by atoms with Crippen molar-refractivity contribution in [1.82, 2.24) is 5.32 Å². The zero-order valence-electron chi connectivity index (χ0n) is 16.1. The zero-order chi connectivity index (χ0) is 18.9. The highest BCUT2D eigenvalue weighted by Crippen LogP contribution is 2.10. The molecule has 0 saturated heterocycles. The molecule has 0 bridgehead atoms. The first-order valence-corrected chi connectivity index (χ1v) is 9.54. The standard InChI is InChI=1S/C20H35NO4/c1-5-7-8-9-10-11-12-13-15-24-19(22)18(16-17(3)4)21-20(23)25-14-6-2/h2,17-18H,5,7-16H2,1,3-4H3,(H,21,23). The molecule has 1 unspecified atom stereocenters. The van der Waals surface area contributed by atoms with Crippen LogP contribution in [0.3, 0.4) is 0 Å². The number of hydrogen-bond donors (Lipinski definition) is 1. The SMILES string of the molecule is C#CCOC(=O)NC(CC(C)C)C(=O)OCCCCCCCCCC. The summed E-state index contributed by atoms with van der Waals surface area (Å²) in [6.45, 7) is 6.45. The van der Waals surface area contributed by atoms with Gasteiger partial charge in [-0.25, -0.2) is 9.59 Å². The molecule has 0 aliphatic heterocycles. The molecule has 5 heteroatoms. The van der Waals surface area contributed by atoms with Gasteiger partial charge in [0.2, 0.25) is 0 Å². The molecule has 144 valence electrons. The first kappa shape index (κ1) is 23.3. The number of carbonyl (C=O) groups is 2. The predicted molar refractivity (Wildman–Crippen MR) is 100 cm³/mol. The Balaban J connectivity index is 3.97. The number of alkyl carbamates (subject to hydrolysis) is 1. The highest BCUT2D eigenvalue weighted by molar-refractivity contribution is 5.81. The minimum absolute atomic E-state index is 0.118. The molecule has 1 atom stereocenters. The van der Waals surface area contributed by atoms with Gasteiger partial charge in [-0.15, -0.1) is 6.42 Å². The summed E-state index contributed by atoms with van der Waals surface area (Å²) in [5, 5.41) is 2.53. The van der Waals surface area contributed by atoms with Crippen LogP contribution in [0.5, 0.6) is 0 Å². The fraction of sp³-hybridized carbons (Fsp3) is 0.800. The average Bonchev–Trinajstić information content (AvgIpc) is 2.57. The number of rotatable bonds is 14. The van der Waals surface area contributed by atoms with Crippen LogP contribution in [-0.2, 0) is 14.3 Å². The van der Waals surface area contributed by atoms with Crippen LogP contribution in [0.4, 0.5) is 4.79 Å². The second-order valence-corrected chi connectivity index (χ2v) is 6.75. The van der Waals surface area contributed by atoms with Crippen LogP contribution in [0.15, 0.2) is 0 Å². The largest absolute Gasteiger partial charge is 0.464 e. The summed E-state index contributed by atoms with van der Waals surface area (Å²) < 4.78 is 10.1. The van der Waals surface area contributed by atoms with E-state index in [-0.39, 0.29) is 12.5 Å². The van der Waals surface area contributed by atoms with Gasteiger partial charge in [-0.2, -0.15) is 0 Å². The lowest BCUT2D eigenvalue weighted by molar-refractivity contribution is -0.146. The predicted octanol–water partition coefficient (Wildman–Crippen LogP) is 4.44. The van der Waals surface area contributed by atoms with E-state index < -0.39 is 18.1 Å². The maximum Gasteiger partial charge on any atom is 0.408 e. The quantitative estimate of drug-likeness (QED) is 0.285. The zero-order valence-corrected chi connectivity index (χ0v) is 16.1. The second-order valence-electron chi connectivity index (χ2n) is 6.75. The number of ether oxygens (including phenoxy) is 2. The maximum atomic E-state index is 12.2. The van der Waals surface area contributed by atoms with Crippen LogP contribution in [0.1, 0.15) is 78.6 Å². The van der Waals surface area contributed by atoms with Crippen molar-refractivity contribution < 1.29 is 19.1 Å². The van der Waals surface area contributed by atoms with E-state index in [0.29, 0.717) is 13.0 Å². The molecule has 0 aromatic carbocycles. The molecule has 0 fully saturated rings. The molecule has 25 heavy (non-hydrogen) atoms. The van der Waals surface area contributed by atoms with Crippen LogP contribution >= 0.6 is 0 Å². The third-order valence-corrected chi connectivity index (χ3v) is 3.81. The Kier molecular flexibility index (Phi) is 14.7. The Bertz CT molecular complexity index is 401. The Hall–Kier alpha value is -1.70. The summed E-state index contributed by atoms with van der Waals surface area (Å²) >= 11 is 0. The Morgan fingerprint density at radius 2 is 1.60 bits per heavy atom. The lowest BCUT2D eigenvalue weighted by atomic mass is 10.0. The summed E-state index contributed by atoms with van der Waals surface area (Å²) in [4.78, 5) is 23.7. The number of nitrogens with one attached hydrogen (secondary N) is 1. The van der Waals surface area contributed by atoms with Crippen molar-refractivity contribution in [1.29, 1.82) is 0 Å². The normalized spacial score (nSPS) is 11.6. The molecule has 0 radical (unpaired) electrons. The van der Waals surface area contributed by atoms with Crippen molar-refractivity contribution in [3.8, 4) is 12.3 Å². The highest BCUT2D eigenvalue weighted by atomic mass is 16.6. The summed E-state index contributed by atoms with van der Waals surface area (Å²) in [7, 11) is 0. The maximum absolute atomic E-state index is 12.2. The van der Waals surface area contributed by atoms with Crippen molar-refractivity contribution >= 4 is 12.1 Å². The number of unbranched alkanes of at least 4 members (excludes halogenated alkanes) is 7. The fourth-order valence-corrected chi connectivity index (χ4v) is 2.49. The van der Waals surface area contributed by atoms with Gasteiger partial charge in [0, 0.05) is 0 Å². The molecular weight excluding hydrogens is 318 g/mol. The summed E-state index contributed by atoms with van der Waals surface area (Å²) in [6, 6.07) is -0.695. The van der Waals surface area contributed by atoms with E-state index in [2.05, 4.69) is 18.2 Å². The van der Waals surface area contributed by atoms with E-state index in [1.165, 1.54) is 38.5 Å². The molecule has 1 amide bonds. The Labute approximate surface area is 153 Å². The summed E-state index contributed by atoms with van der Waals surface area (Å²) in [5.74, 6) is 2.05. The van der Waals surface area contributed by atoms with E-state index in [4.69, 9.17) is 15.9 Å². The molecule has 0 aromatic heterocycles. The first-order chi connectivity index (χ1) is 12.0. The monoisotopic (exact) mass is 353 g/mol. The number of terminal acetylenes is 1. The van der Waals surface area contributed by atoms with Gasteiger partial charge < -0.3 is 14.8 Å². The second kappa shape index (κ2) is 15.8. The molecular formula is C20H35NO4. The van der Waals surface area contributed by atoms with Gasteiger partial charge in [-0.1, -0.05) is 71.6 Å². The molecule has 0 aromatic rings. The van der Waals surface area contributed by atoms with Gasteiger partial charge >= 0.3 is 12.1 Å². The van der Waals surface area contributed by atoms with Crippen molar-refractivity contribution in [2.24, 2.45) is 5.92 Å². The van der Waals surface area contributed by atoms with Crippen molar-refractivity contribution in [2.75, 3.05) is 13.2 Å². The van der Waals surface area contributed by atoms with Gasteiger partial charge in [-0.05, 0) is 18.8 Å². The highest BCUT2D eigenvalue weighted by Gasteiger charge is 2.23. The van der Waals surface area contributed by atoms with Gasteiger partial charge in [0.25, 0.3) is 0 Å². The first-order valence-electron chi connectivity index (χ1n) is 9.54. The fourth-order valence-electron chi connectivity index (χ4n) is 2.49. The molecule has 0 spiro atoms. The van der Waals surface area contributed by atoms with Crippen molar-refractivity contribution in [3.05, 3.63) is 0 Å². The van der Waals surface area contributed by atoms with E-state index >= 15 is 0 Å². The van der Waals surface area contributed by atoms with E-state index in [0.717, 1.165) is 12.8 Å². The third-order valence-electron chi connectivity index (χ3n) is 3.81. The van der Waals surface area contributed by atoms with Gasteiger partial charge in [0.15, 0.2) is 6.61 Å². The van der Waals surface area contributed by atoms with Crippen LogP contribution < -0.4 is 5.32 Å². The molecule has 5 nitrogen and oxygen atoms in total. The smallest absolute Gasteiger partial charge is 0.408 e. The van der Waals surface area contributed by atoms with Crippen LogP contribution in [0.2, 0.25) is 0 Å². The van der Waals surface area contributed by atoms with Gasteiger partial charge in [-0.3, -0.25) is 0 Å². The number of carbonyl (C=O) groups excluding carboxylic acids is 2. The number of esters is 1. The van der Waals surface area contributed by atoms with Crippen LogP contribution in [0.25, 0.3) is 0 Å². The molecule has 0 saturated carbocycles. The minimum Gasteiger partial charge on any atom is -0.464 e. The third kappa shape index (κ3) is 14.4. The van der Waals surface area contributed by atoms with E-state index in [1.54, 1.807) is 0 Å². The molecule has 0 heterocycles. The molecule has 0 aliphatic carbocycles. The summed E-state index contributed by atoms with van der Waals surface area (Å²) in [5.41, 5.74) is 0. The lowest BCUT2D eigenvalue weighted by Crippen LogP contribution is -2.43. The Morgan fingerprint density at radius 1 is 1.00 bits per heavy atom. The van der Waals surface area contributed by atoms with Crippen molar-refractivity contribution in [3.63, 3.8) is 0 Å². The molecule has 0 rings (SSSR count). The van der Waals surface area contributed by atoms with E-state index in [1.807, 2.05) is 13.8 Å². The van der Waals surface area contributed by atoms with Crippen LogP contribution in [0, 0.1) is 18.3 Å². The van der Waals surface area contributed by atoms with Crippen molar-refractivity contribution in [2.45, 2.75) is 84.6 Å². The summed E-state index contributed by atoms with van der Waals surface area (Å²) in [6.07, 6.45) is 14.4. The van der Waals surface area contributed by atoms with E-state index in [9.17, 15) is 9.59 Å². The number of hydrogen-bond acceptors (Lipinski definition) is 4. The van der Waals surface area contributed by atoms with Gasteiger partial charge in [0.05, 0.1) is 6.61 Å². The molecule has 1 N–H and O–H groups in total. The average molecular weight is 354 g/mol. The lowest BCUT2D eigenvalue weighted by Gasteiger charge is -2.19. The topological polar surface area (TPSA) is 64.6 Å². The molecule has 0 aliphatic rings.